The fourth-order valence-corrected chi connectivity index (χ4v) is 8.09. The Morgan fingerprint density at radius 1 is 0.621 bits per heavy atom. The molecule has 29 heavy (non-hydrogen) atoms. The number of hydrogen-bond donors (Lipinski definition) is 0. The van der Waals surface area contributed by atoms with Gasteiger partial charge in [-0.3, -0.25) is 0 Å². The number of hydrogen-bond acceptors (Lipinski definition) is 2. The summed E-state index contributed by atoms with van der Waals surface area (Å²) in [5, 5.41) is 3.01. The van der Waals surface area contributed by atoms with Crippen LogP contribution in [0.15, 0.2) is 0 Å². The Kier molecular flexibility index (Phi) is 16.8. The molecule has 0 amide bonds. The van der Waals surface area contributed by atoms with Crippen molar-refractivity contribution in [2.24, 2.45) is 0 Å². The van der Waals surface area contributed by atoms with Gasteiger partial charge in [0.25, 0.3) is 0 Å². The van der Waals surface area contributed by atoms with E-state index in [9.17, 15) is 0 Å². The molecule has 5 nitrogen and oxygen atoms in total. The fourth-order valence-electron chi connectivity index (χ4n) is 3.93. The normalized spacial score (nSPS) is 11.9. The standard InChI is InChI=1S/C18H32O2Si2.3CO.Cr/c1-19-15-16(20-2)18(22(6,7)8)14-12-10-9-11-13(14)17(15)21(3,4)5;3*1-2;/h9-12H2,1-8H3;;;;. The van der Waals surface area contributed by atoms with Crippen molar-refractivity contribution in [3.05, 3.63) is 31.1 Å². The summed E-state index contributed by atoms with van der Waals surface area (Å²) >= 11 is 0. The molecule has 0 N–H and O–H groups in total. The van der Waals surface area contributed by atoms with Crippen molar-refractivity contribution < 1.29 is 40.8 Å². The Morgan fingerprint density at radius 2 is 0.862 bits per heavy atom. The molecule has 0 fully saturated rings. The molecule has 1 aromatic rings. The summed E-state index contributed by atoms with van der Waals surface area (Å²) in [7, 11) is 0.626. The molecule has 0 heterocycles. The van der Waals surface area contributed by atoms with Crippen molar-refractivity contribution >= 4 is 26.5 Å². The van der Waals surface area contributed by atoms with Gasteiger partial charge >= 0.3 is 33.9 Å². The molecule has 1 aliphatic carbocycles. The Labute approximate surface area is 188 Å². The monoisotopic (exact) mass is 472 g/mol. The van der Waals surface area contributed by atoms with Crippen LogP contribution < -0.4 is 19.8 Å². The van der Waals surface area contributed by atoms with Crippen molar-refractivity contribution in [3.63, 3.8) is 0 Å². The van der Waals surface area contributed by atoms with Gasteiger partial charge in [0.15, 0.2) is 11.5 Å². The molecule has 0 unspecified atom stereocenters. The first-order chi connectivity index (χ1) is 13.1. The maximum absolute atomic E-state index is 7.50. The summed E-state index contributed by atoms with van der Waals surface area (Å²) < 4.78 is 34.4. The molecule has 0 aromatic heterocycles. The second-order valence-electron chi connectivity index (χ2n) is 8.48. The Bertz CT molecular complexity index is 616. The van der Waals surface area contributed by atoms with Crippen LogP contribution in [0, 0.1) is 20.0 Å². The van der Waals surface area contributed by atoms with E-state index in [-0.39, 0.29) is 17.4 Å². The molecule has 0 saturated heterocycles. The molecule has 8 heteroatoms. The van der Waals surface area contributed by atoms with Crippen molar-refractivity contribution in [2.45, 2.75) is 65.0 Å². The largest absolute Gasteiger partial charge is 0 e. The average Bonchev–Trinajstić information content (AvgIpc) is 2.68. The van der Waals surface area contributed by atoms with E-state index in [1.54, 1.807) is 11.1 Å². The first-order valence-electron chi connectivity index (χ1n) is 9.04. The van der Waals surface area contributed by atoms with Crippen LogP contribution >= 0.6 is 0 Å². The Morgan fingerprint density at radius 3 is 1.03 bits per heavy atom. The van der Waals surface area contributed by atoms with Crippen LogP contribution in [0.5, 0.6) is 11.5 Å². The van der Waals surface area contributed by atoms with Crippen LogP contribution in [0.3, 0.4) is 0 Å². The van der Waals surface area contributed by atoms with E-state index < -0.39 is 16.1 Å². The number of benzene rings is 1. The van der Waals surface area contributed by atoms with Gasteiger partial charge in [-0.25, -0.2) is 0 Å². The van der Waals surface area contributed by atoms with Crippen molar-refractivity contribution in [1.29, 1.82) is 0 Å². The zero-order valence-electron chi connectivity index (χ0n) is 18.8. The van der Waals surface area contributed by atoms with Gasteiger partial charge in [0.2, 0.25) is 0 Å². The maximum atomic E-state index is 7.50. The minimum absolute atomic E-state index is 0. The van der Waals surface area contributed by atoms with Gasteiger partial charge < -0.3 is 9.47 Å². The molecular formula is C21H32CrO5Si2. The molecule has 0 aliphatic heterocycles. The summed E-state index contributed by atoms with van der Waals surface area (Å²) in [6.07, 6.45) is 5.05. The molecule has 0 bridgehead atoms. The van der Waals surface area contributed by atoms with Gasteiger partial charge in [0.1, 0.15) is 0 Å². The summed E-state index contributed by atoms with van der Waals surface area (Å²) in [4.78, 5) is 0. The third-order valence-electron chi connectivity index (χ3n) is 4.64. The molecule has 0 spiro atoms. The van der Waals surface area contributed by atoms with E-state index in [0.717, 1.165) is 11.5 Å². The fraction of sp³-hybridized carbons (Fsp3) is 0.571. The third-order valence-corrected chi connectivity index (χ3v) is 8.70. The van der Waals surface area contributed by atoms with E-state index in [0.29, 0.717) is 0 Å². The van der Waals surface area contributed by atoms with E-state index in [1.165, 1.54) is 36.1 Å². The number of fused-ring (bicyclic) bond motifs is 1. The second-order valence-corrected chi connectivity index (χ2v) is 18.5. The molecular weight excluding hydrogens is 440 g/mol. The summed E-state index contributed by atoms with van der Waals surface area (Å²) in [5.41, 5.74) is 3.22. The second kappa shape index (κ2) is 14.9. The zero-order valence-corrected chi connectivity index (χ0v) is 22.1. The topological polar surface area (TPSA) is 78.2 Å². The van der Waals surface area contributed by atoms with Gasteiger partial charge in [-0.15, -0.1) is 0 Å². The molecule has 0 atom stereocenters. The van der Waals surface area contributed by atoms with E-state index in [1.807, 2.05) is 14.2 Å². The van der Waals surface area contributed by atoms with Crippen LogP contribution in [-0.4, -0.2) is 30.4 Å². The third kappa shape index (κ3) is 7.98. The first kappa shape index (κ1) is 32.7. The van der Waals surface area contributed by atoms with E-state index in [4.69, 9.17) is 23.4 Å². The van der Waals surface area contributed by atoms with Crippen LogP contribution in [0.25, 0.3) is 0 Å². The molecule has 0 saturated carbocycles. The zero-order chi connectivity index (χ0) is 22.7. The van der Waals surface area contributed by atoms with Crippen LogP contribution in [-0.2, 0) is 44.2 Å². The molecule has 0 radical (unpaired) electrons. The SMILES string of the molecule is COc1c(OC)c([Si](C)(C)C)c2c(c1[Si](C)(C)C)CCCC2.[C-]#[O+].[C-]#[O+].[C-]#[O+].[Cr]. The smallest absolute Gasteiger partial charge is 0 e. The van der Waals surface area contributed by atoms with Gasteiger partial charge in [-0.05, 0) is 47.2 Å². The van der Waals surface area contributed by atoms with E-state index in [2.05, 4.69) is 59.2 Å². The van der Waals surface area contributed by atoms with Gasteiger partial charge in [-0.1, -0.05) is 39.3 Å². The predicted molar refractivity (Wildman–Crippen MR) is 114 cm³/mol. The molecule has 2 rings (SSSR count). The number of ether oxygens (including phenoxy) is 2. The number of rotatable bonds is 4. The predicted octanol–water partition coefficient (Wildman–Crippen LogP) is 3.56. The Hall–Kier alpha value is -0.994. The molecule has 1 aliphatic rings. The van der Waals surface area contributed by atoms with Crippen molar-refractivity contribution in [1.82, 2.24) is 0 Å². The van der Waals surface area contributed by atoms with Crippen molar-refractivity contribution in [2.75, 3.05) is 14.2 Å². The Balaban J connectivity index is -0.000000883. The summed E-state index contributed by atoms with van der Waals surface area (Å²) in [6, 6.07) is 0. The molecule has 1 aromatic carbocycles. The average molecular weight is 473 g/mol. The molecule has 160 valence electrons. The van der Waals surface area contributed by atoms with Crippen molar-refractivity contribution in [3.8, 4) is 11.5 Å². The van der Waals surface area contributed by atoms with E-state index >= 15 is 0 Å². The van der Waals surface area contributed by atoms with Gasteiger partial charge in [0, 0.05) is 17.4 Å². The summed E-state index contributed by atoms with van der Waals surface area (Å²) in [5.74, 6) is 2.08. The van der Waals surface area contributed by atoms with Crippen LogP contribution in [0.1, 0.15) is 24.0 Å². The first-order valence-corrected chi connectivity index (χ1v) is 16.0. The van der Waals surface area contributed by atoms with Gasteiger partial charge in [0.05, 0.1) is 30.4 Å². The van der Waals surface area contributed by atoms with Gasteiger partial charge in [-0.2, -0.15) is 0 Å². The number of methoxy groups -OCH3 is 2. The summed E-state index contributed by atoms with van der Waals surface area (Å²) in [6.45, 7) is 28.0. The van der Waals surface area contributed by atoms with Crippen LogP contribution in [0.4, 0.5) is 0 Å². The van der Waals surface area contributed by atoms with Crippen LogP contribution in [0.2, 0.25) is 39.3 Å². The quantitative estimate of drug-likeness (QED) is 0.382. The minimum atomic E-state index is -1.50. The maximum Gasteiger partial charge on any atom is 0 e. The minimum Gasteiger partial charge on any atom is 0 e.